The second-order valence-electron chi connectivity index (χ2n) is 9.99. The first-order chi connectivity index (χ1) is 14.5. The minimum atomic E-state index is -1.51. The molecule has 4 atom stereocenters. The van der Waals surface area contributed by atoms with Crippen LogP contribution in [0.15, 0.2) is 0 Å². The SMILES string of the molecule is CC(C)C[C@H](NC(=O)OC(C)(C)C)C(=O)N(C)[C@@H](CC(C)C)C(=O)N[C@H](C(=O)O)[C@@H](C)O. The second-order valence-corrected chi connectivity index (χ2v) is 9.99. The number of aliphatic hydroxyl groups excluding tert-OH is 1. The van der Waals surface area contributed by atoms with E-state index in [0.29, 0.717) is 6.42 Å². The molecule has 186 valence electrons. The number of rotatable bonds is 11. The Balaban J connectivity index is 5.73. The molecule has 0 saturated heterocycles. The summed E-state index contributed by atoms with van der Waals surface area (Å²) >= 11 is 0. The summed E-state index contributed by atoms with van der Waals surface area (Å²) in [6.07, 6.45) is -1.47. The smallest absolute Gasteiger partial charge is 0.408 e. The minimum Gasteiger partial charge on any atom is -0.480 e. The van der Waals surface area contributed by atoms with Gasteiger partial charge in [-0.25, -0.2) is 9.59 Å². The molecule has 0 aromatic rings. The van der Waals surface area contributed by atoms with Gasteiger partial charge in [0.15, 0.2) is 6.04 Å². The number of nitrogens with one attached hydrogen (secondary N) is 2. The number of amides is 3. The van der Waals surface area contributed by atoms with Crippen LogP contribution < -0.4 is 10.6 Å². The Morgan fingerprint density at radius 1 is 0.938 bits per heavy atom. The van der Waals surface area contributed by atoms with Gasteiger partial charge in [-0.05, 0) is 52.4 Å². The molecule has 0 heterocycles. The lowest BCUT2D eigenvalue weighted by molar-refractivity contribution is -0.147. The maximum Gasteiger partial charge on any atom is 0.408 e. The van der Waals surface area contributed by atoms with Crippen molar-refractivity contribution in [2.45, 2.75) is 98.1 Å². The first kappa shape index (κ1) is 29.6. The van der Waals surface area contributed by atoms with E-state index in [1.54, 1.807) is 20.8 Å². The van der Waals surface area contributed by atoms with E-state index < -0.39 is 53.7 Å². The Morgan fingerprint density at radius 3 is 1.81 bits per heavy atom. The minimum absolute atomic E-state index is 0.0122. The number of aliphatic carboxylic acids is 1. The standard InChI is InChI=1S/C22H41N3O7/c1-12(2)10-15(23-21(31)32-22(6,7)8)19(28)25(9)16(11-13(3)4)18(27)24-17(14(5)26)20(29)30/h12-17,26H,10-11H2,1-9H3,(H,23,31)(H,24,27)(H,29,30)/t14-,15+,16+,17+/m1/s1. The number of ether oxygens (including phenoxy) is 1. The second kappa shape index (κ2) is 12.6. The van der Waals surface area contributed by atoms with Crippen molar-refractivity contribution in [3.8, 4) is 0 Å². The number of carboxylic acids is 1. The van der Waals surface area contributed by atoms with Crippen molar-refractivity contribution < 1.29 is 34.1 Å². The van der Waals surface area contributed by atoms with Gasteiger partial charge < -0.3 is 30.5 Å². The molecule has 0 aromatic carbocycles. The van der Waals surface area contributed by atoms with Crippen molar-refractivity contribution in [2.75, 3.05) is 7.05 Å². The number of carbonyl (C=O) groups excluding carboxylic acids is 3. The van der Waals surface area contributed by atoms with Crippen LogP contribution >= 0.6 is 0 Å². The molecule has 0 aromatic heterocycles. The summed E-state index contributed by atoms with van der Waals surface area (Å²) in [4.78, 5) is 51.1. The predicted molar refractivity (Wildman–Crippen MR) is 120 cm³/mol. The van der Waals surface area contributed by atoms with Crippen molar-refractivity contribution in [3.05, 3.63) is 0 Å². The average Bonchev–Trinajstić information content (AvgIpc) is 2.59. The number of aliphatic hydroxyl groups is 1. The molecule has 0 bridgehead atoms. The largest absolute Gasteiger partial charge is 0.480 e. The summed E-state index contributed by atoms with van der Waals surface area (Å²) in [5, 5.41) is 23.9. The van der Waals surface area contributed by atoms with Crippen molar-refractivity contribution in [1.29, 1.82) is 0 Å². The van der Waals surface area contributed by atoms with Gasteiger partial charge in [-0.2, -0.15) is 0 Å². The van der Waals surface area contributed by atoms with Gasteiger partial charge in [0.1, 0.15) is 17.7 Å². The number of alkyl carbamates (subject to hydrolysis) is 1. The van der Waals surface area contributed by atoms with Crippen LogP contribution in [0.4, 0.5) is 4.79 Å². The number of hydrogen-bond donors (Lipinski definition) is 4. The van der Waals surface area contributed by atoms with Crippen LogP contribution in [0, 0.1) is 11.8 Å². The van der Waals surface area contributed by atoms with E-state index in [9.17, 15) is 29.4 Å². The van der Waals surface area contributed by atoms with Gasteiger partial charge in [-0.1, -0.05) is 27.7 Å². The first-order valence-corrected chi connectivity index (χ1v) is 10.9. The number of hydrogen-bond acceptors (Lipinski definition) is 6. The van der Waals surface area contributed by atoms with Crippen molar-refractivity contribution in [3.63, 3.8) is 0 Å². The summed E-state index contributed by atoms with van der Waals surface area (Å²) in [5.41, 5.74) is -0.742. The Labute approximate surface area is 191 Å². The lowest BCUT2D eigenvalue weighted by Gasteiger charge is -2.33. The van der Waals surface area contributed by atoms with Crippen molar-refractivity contribution in [1.82, 2.24) is 15.5 Å². The summed E-state index contributed by atoms with van der Waals surface area (Å²) in [6.45, 7) is 13.9. The van der Waals surface area contributed by atoms with E-state index >= 15 is 0 Å². The van der Waals surface area contributed by atoms with Crippen molar-refractivity contribution in [2.24, 2.45) is 11.8 Å². The normalized spacial score (nSPS) is 15.5. The van der Waals surface area contributed by atoms with Crippen LogP contribution in [0.3, 0.4) is 0 Å². The fourth-order valence-corrected chi connectivity index (χ4v) is 3.07. The highest BCUT2D eigenvalue weighted by atomic mass is 16.6. The maximum atomic E-state index is 13.3. The Hall–Kier alpha value is -2.36. The highest BCUT2D eigenvalue weighted by Gasteiger charge is 2.36. The lowest BCUT2D eigenvalue weighted by Crippen LogP contribution is -2.58. The predicted octanol–water partition coefficient (Wildman–Crippen LogP) is 1.75. The topological polar surface area (TPSA) is 145 Å². The number of carboxylic acid groups (broad SMARTS) is 1. The molecular weight excluding hydrogens is 418 g/mol. The van der Waals surface area contributed by atoms with Crippen LogP contribution in [0.25, 0.3) is 0 Å². The molecule has 0 aliphatic rings. The zero-order valence-electron chi connectivity index (χ0n) is 20.8. The molecule has 32 heavy (non-hydrogen) atoms. The third kappa shape index (κ3) is 10.8. The summed E-state index contributed by atoms with van der Waals surface area (Å²) in [5.74, 6) is -2.48. The zero-order valence-corrected chi connectivity index (χ0v) is 20.8. The van der Waals surface area contributed by atoms with Gasteiger partial charge in [-0.15, -0.1) is 0 Å². The van der Waals surface area contributed by atoms with E-state index in [1.165, 1.54) is 18.9 Å². The zero-order chi connectivity index (χ0) is 25.4. The van der Waals surface area contributed by atoms with E-state index in [1.807, 2.05) is 27.7 Å². The van der Waals surface area contributed by atoms with Crippen LogP contribution in [-0.4, -0.2) is 75.9 Å². The van der Waals surface area contributed by atoms with Crippen LogP contribution in [0.5, 0.6) is 0 Å². The third-order valence-electron chi connectivity index (χ3n) is 4.55. The Kier molecular flexibility index (Phi) is 11.7. The Bertz CT molecular complexity index is 656. The van der Waals surface area contributed by atoms with E-state index in [0.717, 1.165) is 0 Å². The van der Waals surface area contributed by atoms with Crippen LogP contribution in [0.2, 0.25) is 0 Å². The van der Waals surface area contributed by atoms with Crippen LogP contribution in [-0.2, 0) is 19.1 Å². The molecule has 0 aliphatic heterocycles. The van der Waals surface area contributed by atoms with Gasteiger partial charge in [0, 0.05) is 7.05 Å². The highest BCUT2D eigenvalue weighted by Crippen LogP contribution is 2.16. The molecule has 3 amide bonds. The maximum absolute atomic E-state index is 13.3. The lowest BCUT2D eigenvalue weighted by atomic mass is 9.98. The quantitative estimate of drug-likeness (QED) is 0.368. The molecule has 0 rings (SSSR count). The molecule has 0 fully saturated rings. The van der Waals surface area contributed by atoms with E-state index in [2.05, 4.69) is 10.6 Å². The third-order valence-corrected chi connectivity index (χ3v) is 4.55. The first-order valence-electron chi connectivity index (χ1n) is 10.9. The Morgan fingerprint density at radius 2 is 1.44 bits per heavy atom. The van der Waals surface area contributed by atoms with Gasteiger partial charge in [-0.3, -0.25) is 9.59 Å². The fraction of sp³-hybridized carbons (Fsp3) is 0.818. The van der Waals surface area contributed by atoms with Gasteiger partial charge in [0.05, 0.1) is 6.10 Å². The van der Waals surface area contributed by atoms with E-state index in [-0.39, 0.29) is 18.3 Å². The summed E-state index contributed by atoms with van der Waals surface area (Å²) in [7, 11) is 1.44. The monoisotopic (exact) mass is 459 g/mol. The molecule has 0 saturated carbocycles. The molecule has 4 N–H and O–H groups in total. The molecule has 0 spiro atoms. The number of carbonyl (C=O) groups is 4. The molecule has 0 aliphatic carbocycles. The fourth-order valence-electron chi connectivity index (χ4n) is 3.07. The van der Waals surface area contributed by atoms with Crippen molar-refractivity contribution >= 4 is 23.9 Å². The summed E-state index contributed by atoms with van der Waals surface area (Å²) in [6, 6.07) is -3.42. The van der Waals surface area contributed by atoms with Gasteiger partial charge in [0.25, 0.3) is 0 Å². The average molecular weight is 460 g/mol. The van der Waals surface area contributed by atoms with Crippen LogP contribution in [0.1, 0.15) is 68.2 Å². The highest BCUT2D eigenvalue weighted by molar-refractivity contribution is 5.93. The molecular formula is C22H41N3O7. The van der Waals surface area contributed by atoms with E-state index in [4.69, 9.17) is 4.74 Å². The number of nitrogens with zero attached hydrogens (tertiary/aromatic N) is 1. The summed E-state index contributed by atoms with van der Waals surface area (Å²) < 4.78 is 5.26. The molecule has 10 heteroatoms. The molecule has 0 unspecified atom stereocenters. The molecule has 10 nitrogen and oxygen atoms in total. The van der Waals surface area contributed by atoms with Gasteiger partial charge >= 0.3 is 12.1 Å². The number of likely N-dealkylation sites (N-methyl/N-ethyl adjacent to an activating group) is 1. The molecule has 0 radical (unpaired) electrons. The van der Waals surface area contributed by atoms with Gasteiger partial charge in [0.2, 0.25) is 11.8 Å².